The molecular weight excluding hydrogens is 426 g/mol. The molecule has 1 amide bonds. The molecule has 1 aliphatic carbocycles. The third kappa shape index (κ3) is 3.64. The molecule has 0 aliphatic heterocycles. The highest BCUT2D eigenvalue weighted by Crippen LogP contribution is 2.42. The fraction of sp³-hybridized carbons (Fsp3) is 0.235. The number of carbonyl (C=O) groups excluding carboxylic acids is 1. The monoisotopic (exact) mass is 439 g/mol. The predicted octanol–water partition coefficient (Wildman–Crippen LogP) is 4.52. The van der Waals surface area contributed by atoms with E-state index >= 15 is 0 Å². The molecule has 4 rings (SSSR count). The summed E-state index contributed by atoms with van der Waals surface area (Å²) in [6, 6.07) is 5.96. The number of anilines is 1. The summed E-state index contributed by atoms with van der Waals surface area (Å²) in [4.78, 5) is 13.2. The van der Waals surface area contributed by atoms with Gasteiger partial charge in [-0.3, -0.25) is 10.1 Å². The fourth-order valence-electron chi connectivity index (χ4n) is 2.56. The van der Waals surface area contributed by atoms with E-state index < -0.39 is 9.84 Å². The first-order valence-corrected chi connectivity index (χ1v) is 11.7. The van der Waals surface area contributed by atoms with Crippen LogP contribution in [-0.2, 0) is 9.84 Å². The second-order valence-electron chi connectivity index (χ2n) is 6.19. The van der Waals surface area contributed by atoms with E-state index in [9.17, 15) is 13.2 Å². The van der Waals surface area contributed by atoms with Crippen molar-refractivity contribution in [3.05, 3.63) is 50.1 Å². The number of halogens is 1. The molecule has 2 heterocycles. The molecule has 0 saturated heterocycles. The van der Waals surface area contributed by atoms with Crippen molar-refractivity contribution >= 4 is 55.2 Å². The minimum atomic E-state index is -3.72. The summed E-state index contributed by atoms with van der Waals surface area (Å²) < 4.78 is 25.7. The Morgan fingerprint density at radius 3 is 2.59 bits per heavy atom. The van der Waals surface area contributed by atoms with Crippen LogP contribution < -0.4 is 5.32 Å². The highest BCUT2D eigenvalue weighted by atomic mass is 35.5. The number of thiophene rings is 1. The number of amides is 1. The number of carbonyl (C=O) groups is 1. The number of aromatic nitrogens is 2. The van der Waals surface area contributed by atoms with Crippen LogP contribution in [0.15, 0.2) is 39.4 Å². The largest absolute Gasteiger partial charge is 0.296 e. The van der Waals surface area contributed by atoms with Crippen LogP contribution in [-0.4, -0.2) is 24.5 Å². The first-order valence-electron chi connectivity index (χ1n) is 8.10. The molecule has 1 saturated carbocycles. The maximum atomic E-state index is 12.9. The number of nitrogens with zero attached hydrogens (tertiary/aromatic N) is 2. The summed E-state index contributed by atoms with van der Waals surface area (Å²) in [5.74, 6) is 0.0845. The smallest absolute Gasteiger partial charge is 0.267 e. The molecule has 1 fully saturated rings. The van der Waals surface area contributed by atoms with Crippen LogP contribution in [0.1, 0.15) is 39.0 Å². The van der Waals surface area contributed by atoms with Crippen LogP contribution in [0.2, 0.25) is 5.02 Å². The fourth-order valence-corrected chi connectivity index (χ4v) is 6.41. The summed E-state index contributed by atoms with van der Waals surface area (Å²) >= 11 is 8.29. The number of nitrogens with one attached hydrogen (secondary N) is 1. The van der Waals surface area contributed by atoms with E-state index in [1.807, 2.05) is 0 Å². The Bertz CT molecular complexity index is 1120. The lowest BCUT2D eigenvalue weighted by Crippen LogP contribution is -2.12. The Morgan fingerprint density at radius 1 is 1.22 bits per heavy atom. The Labute approximate surface area is 169 Å². The topological polar surface area (TPSA) is 89.0 Å². The van der Waals surface area contributed by atoms with Gasteiger partial charge in [-0.05, 0) is 49.6 Å². The quantitative estimate of drug-likeness (QED) is 0.631. The number of benzene rings is 1. The van der Waals surface area contributed by atoms with Gasteiger partial charge in [-0.2, -0.15) is 0 Å². The van der Waals surface area contributed by atoms with Gasteiger partial charge in [-0.1, -0.05) is 22.9 Å². The van der Waals surface area contributed by atoms with Crippen molar-refractivity contribution < 1.29 is 13.2 Å². The molecule has 0 radical (unpaired) electrons. The minimum absolute atomic E-state index is 0.121. The highest BCUT2D eigenvalue weighted by molar-refractivity contribution is 7.91. The van der Waals surface area contributed by atoms with E-state index in [-0.39, 0.29) is 15.7 Å². The van der Waals surface area contributed by atoms with Gasteiger partial charge in [0.25, 0.3) is 5.91 Å². The molecule has 6 nitrogen and oxygen atoms in total. The highest BCUT2D eigenvalue weighted by Gasteiger charge is 2.29. The molecule has 3 aromatic rings. The van der Waals surface area contributed by atoms with E-state index in [4.69, 9.17) is 11.6 Å². The van der Waals surface area contributed by atoms with E-state index in [0.29, 0.717) is 26.5 Å². The van der Waals surface area contributed by atoms with Gasteiger partial charge >= 0.3 is 0 Å². The van der Waals surface area contributed by atoms with Crippen LogP contribution in [0.5, 0.6) is 0 Å². The third-order valence-electron chi connectivity index (χ3n) is 4.20. The second-order valence-corrected chi connectivity index (χ2v) is 10.4. The second kappa shape index (κ2) is 6.97. The molecule has 1 aromatic carbocycles. The maximum Gasteiger partial charge on any atom is 0.267 e. The number of rotatable bonds is 5. The van der Waals surface area contributed by atoms with E-state index in [0.717, 1.165) is 29.2 Å². The summed E-state index contributed by atoms with van der Waals surface area (Å²) in [6.45, 7) is 1.63. The van der Waals surface area contributed by atoms with E-state index in [1.165, 1.54) is 41.0 Å². The van der Waals surface area contributed by atoms with Crippen molar-refractivity contribution in [1.29, 1.82) is 0 Å². The van der Waals surface area contributed by atoms with Gasteiger partial charge in [-0.15, -0.1) is 21.5 Å². The van der Waals surface area contributed by atoms with Gasteiger partial charge in [0.2, 0.25) is 15.0 Å². The molecule has 2 aromatic heterocycles. The summed E-state index contributed by atoms with van der Waals surface area (Å²) in [5, 5.41) is 14.1. The molecule has 0 atom stereocenters. The van der Waals surface area contributed by atoms with Crippen LogP contribution in [0, 0.1) is 6.92 Å². The van der Waals surface area contributed by atoms with Gasteiger partial charge in [0.05, 0.1) is 14.7 Å². The molecule has 0 unspecified atom stereocenters. The van der Waals surface area contributed by atoms with Gasteiger partial charge < -0.3 is 0 Å². The lowest BCUT2D eigenvalue weighted by Gasteiger charge is -2.05. The Kier molecular flexibility index (Phi) is 4.79. The molecule has 1 aliphatic rings. The Balaban J connectivity index is 1.59. The molecule has 0 bridgehead atoms. The molecule has 10 heteroatoms. The molecule has 140 valence electrons. The first-order chi connectivity index (χ1) is 12.9. The summed E-state index contributed by atoms with van der Waals surface area (Å²) in [7, 11) is -3.72. The van der Waals surface area contributed by atoms with Crippen molar-refractivity contribution in [3.63, 3.8) is 0 Å². The van der Waals surface area contributed by atoms with Gasteiger partial charge in [0.1, 0.15) is 5.01 Å². The van der Waals surface area contributed by atoms with Crippen LogP contribution in [0.25, 0.3) is 0 Å². The maximum absolute atomic E-state index is 12.9. The van der Waals surface area contributed by atoms with Crippen LogP contribution >= 0.6 is 34.3 Å². The minimum Gasteiger partial charge on any atom is -0.296 e. The van der Waals surface area contributed by atoms with Crippen LogP contribution in [0.3, 0.4) is 0 Å². The zero-order chi connectivity index (χ0) is 19.2. The first kappa shape index (κ1) is 18.5. The molecule has 0 spiro atoms. The van der Waals surface area contributed by atoms with Crippen molar-refractivity contribution in [2.75, 3.05) is 5.32 Å². The number of sulfone groups is 1. The summed E-state index contributed by atoms with van der Waals surface area (Å²) in [5.41, 5.74) is 0.416. The third-order valence-corrected chi connectivity index (χ3v) is 8.58. The van der Waals surface area contributed by atoms with Gasteiger partial charge in [-0.25, -0.2) is 8.42 Å². The predicted molar refractivity (Wildman–Crippen MR) is 106 cm³/mol. The SMILES string of the molecule is Cc1c(S(=O)(=O)c2ccc(Cl)cc2)csc1C(=O)Nc1nnc(C2CC2)s1. The van der Waals surface area contributed by atoms with E-state index in [2.05, 4.69) is 15.5 Å². The number of hydrogen-bond donors (Lipinski definition) is 1. The Morgan fingerprint density at radius 2 is 1.93 bits per heavy atom. The van der Waals surface area contributed by atoms with Crippen molar-refractivity contribution in [1.82, 2.24) is 10.2 Å². The Hall–Kier alpha value is -1.81. The lowest BCUT2D eigenvalue weighted by atomic mass is 10.3. The zero-order valence-corrected chi connectivity index (χ0v) is 17.3. The normalized spacial score (nSPS) is 14.3. The average molecular weight is 440 g/mol. The van der Waals surface area contributed by atoms with Crippen molar-refractivity contribution in [2.24, 2.45) is 0 Å². The average Bonchev–Trinajstić information content (AvgIpc) is 3.25. The lowest BCUT2D eigenvalue weighted by molar-refractivity contribution is 0.103. The summed E-state index contributed by atoms with van der Waals surface area (Å²) in [6.07, 6.45) is 2.22. The number of hydrogen-bond acceptors (Lipinski definition) is 7. The van der Waals surface area contributed by atoms with Crippen LogP contribution in [0.4, 0.5) is 5.13 Å². The van der Waals surface area contributed by atoms with Gasteiger partial charge in [0.15, 0.2) is 0 Å². The van der Waals surface area contributed by atoms with Crippen molar-refractivity contribution in [3.8, 4) is 0 Å². The zero-order valence-electron chi connectivity index (χ0n) is 14.1. The van der Waals surface area contributed by atoms with E-state index in [1.54, 1.807) is 6.92 Å². The molecule has 27 heavy (non-hydrogen) atoms. The molecule has 1 N–H and O–H groups in total. The van der Waals surface area contributed by atoms with Crippen molar-refractivity contribution in [2.45, 2.75) is 35.5 Å². The van der Waals surface area contributed by atoms with Gasteiger partial charge in [0, 0.05) is 16.3 Å². The molecular formula is C17H14ClN3O3S3. The standard InChI is InChI=1S/C17H14ClN3O3S3/c1-9-13(27(23,24)12-6-4-11(18)5-7-12)8-25-14(9)15(22)19-17-21-20-16(26-17)10-2-3-10/h4-8,10H,2-3H2,1H3,(H,19,21,22).